The molecule has 0 saturated carbocycles. The number of benzene rings is 1. The lowest BCUT2D eigenvalue weighted by Gasteiger charge is -2.18. The number of alkyl halides is 2. The fraction of sp³-hybridized carbons (Fsp3) is 0.462. The van der Waals surface area contributed by atoms with Gasteiger partial charge in [0.2, 0.25) is 0 Å². The van der Waals surface area contributed by atoms with Gasteiger partial charge in [-0.1, -0.05) is 11.6 Å². The summed E-state index contributed by atoms with van der Waals surface area (Å²) in [5, 5.41) is 0.0914. The van der Waals surface area contributed by atoms with Gasteiger partial charge in [0.05, 0.1) is 11.1 Å². The normalized spacial score (nSPS) is 11.5. The Balaban J connectivity index is 2.89. The van der Waals surface area contributed by atoms with Crippen LogP contribution in [0.25, 0.3) is 0 Å². The molecule has 0 aliphatic rings. The predicted octanol–water partition coefficient (Wildman–Crippen LogP) is 3.78. The Labute approximate surface area is 115 Å². The third-order valence-corrected chi connectivity index (χ3v) is 2.47. The van der Waals surface area contributed by atoms with E-state index in [1.165, 1.54) is 12.1 Å². The molecular weight excluding hydrogens is 278 g/mol. The summed E-state index contributed by atoms with van der Waals surface area (Å²) in [7, 11) is 0. The first-order valence-corrected chi connectivity index (χ1v) is 6.08. The van der Waals surface area contributed by atoms with E-state index in [-0.39, 0.29) is 16.7 Å². The van der Waals surface area contributed by atoms with Crippen molar-refractivity contribution < 1.29 is 23.0 Å². The third-order valence-electron chi connectivity index (χ3n) is 2.17. The number of ether oxygens (including phenoxy) is 2. The maximum Gasteiger partial charge on any atom is 0.306 e. The number of rotatable bonds is 5. The van der Waals surface area contributed by atoms with Crippen molar-refractivity contribution in [2.75, 3.05) is 6.61 Å². The summed E-state index contributed by atoms with van der Waals surface area (Å²) in [6.45, 7) is 3.67. The van der Waals surface area contributed by atoms with E-state index >= 15 is 0 Å². The van der Waals surface area contributed by atoms with Crippen molar-refractivity contribution in [3.8, 4) is 5.75 Å². The monoisotopic (exact) mass is 292 g/mol. The molecule has 0 spiro atoms. The number of hydrogen-bond donors (Lipinski definition) is 0. The number of halogens is 3. The summed E-state index contributed by atoms with van der Waals surface area (Å²) in [5.74, 6) is -3.71. The third kappa shape index (κ3) is 4.67. The predicted molar refractivity (Wildman–Crippen MR) is 67.7 cm³/mol. The maximum absolute atomic E-state index is 13.7. The second-order valence-electron chi connectivity index (χ2n) is 4.30. The second kappa shape index (κ2) is 6.19. The molecule has 106 valence electrons. The van der Waals surface area contributed by atoms with E-state index in [1.54, 1.807) is 13.8 Å². The zero-order valence-corrected chi connectivity index (χ0v) is 11.6. The van der Waals surface area contributed by atoms with Crippen LogP contribution in [0.4, 0.5) is 8.78 Å². The lowest BCUT2D eigenvalue weighted by molar-refractivity contribution is -0.153. The van der Waals surface area contributed by atoms with Crippen molar-refractivity contribution >= 4 is 17.6 Å². The lowest BCUT2D eigenvalue weighted by atomic mass is 10.1. The highest BCUT2D eigenvalue weighted by Crippen LogP contribution is 2.34. The van der Waals surface area contributed by atoms with Crippen molar-refractivity contribution in [2.24, 2.45) is 0 Å². The molecule has 19 heavy (non-hydrogen) atoms. The van der Waals surface area contributed by atoms with Crippen LogP contribution in [0, 0.1) is 0 Å². The highest BCUT2D eigenvalue weighted by molar-refractivity contribution is 6.32. The Kier molecular flexibility index (Phi) is 5.11. The minimum atomic E-state index is -3.29. The summed E-state index contributed by atoms with van der Waals surface area (Å²) in [4.78, 5) is 10.6. The van der Waals surface area contributed by atoms with Gasteiger partial charge in [-0.3, -0.25) is 4.79 Å². The first kappa shape index (κ1) is 15.7. The van der Waals surface area contributed by atoms with Gasteiger partial charge in [-0.05, 0) is 32.0 Å². The van der Waals surface area contributed by atoms with Gasteiger partial charge in [-0.25, -0.2) is 0 Å². The van der Waals surface area contributed by atoms with Gasteiger partial charge in [-0.2, -0.15) is 8.78 Å². The second-order valence-corrected chi connectivity index (χ2v) is 4.70. The van der Waals surface area contributed by atoms with Crippen LogP contribution in [0.15, 0.2) is 18.2 Å². The highest BCUT2D eigenvalue weighted by Gasteiger charge is 2.33. The van der Waals surface area contributed by atoms with Gasteiger partial charge in [0.15, 0.2) is 6.61 Å². The molecule has 0 heterocycles. The van der Waals surface area contributed by atoms with Crippen LogP contribution in [-0.4, -0.2) is 18.7 Å². The minimum absolute atomic E-state index is 0.0914. The first-order chi connectivity index (χ1) is 8.72. The van der Waals surface area contributed by atoms with Crippen molar-refractivity contribution in [1.82, 2.24) is 0 Å². The Morgan fingerprint density at radius 2 is 2.05 bits per heavy atom. The molecule has 0 amide bonds. The van der Waals surface area contributed by atoms with Crippen LogP contribution >= 0.6 is 11.6 Å². The van der Waals surface area contributed by atoms with Gasteiger partial charge in [0.1, 0.15) is 5.75 Å². The zero-order valence-electron chi connectivity index (χ0n) is 10.9. The van der Waals surface area contributed by atoms with E-state index in [2.05, 4.69) is 4.74 Å². The molecule has 0 aliphatic heterocycles. The molecule has 1 aromatic rings. The molecule has 0 aliphatic carbocycles. The van der Waals surface area contributed by atoms with Gasteiger partial charge >= 0.3 is 11.9 Å². The van der Waals surface area contributed by atoms with Gasteiger partial charge < -0.3 is 9.47 Å². The largest absolute Gasteiger partial charge is 0.489 e. The topological polar surface area (TPSA) is 35.5 Å². The van der Waals surface area contributed by atoms with Crippen LogP contribution in [0.1, 0.15) is 26.3 Å². The molecular formula is C13H15ClF2O3. The van der Waals surface area contributed by atoms with Crippen molar-refractivity contribution in [2.45, 2.75) is 32.8 Å². The smallest absolute Gasteiger partial charge is 0.306 e. The molecule has 1 rings (SSSR count). The maximum atomic E-state index is 13.7. The number of carbonyl (C=O) groups excluding carboxylic acids is 1. The number of esters is 1. The molecule has 0 unspecified atom stereocenters. The Hall–Kier alpha value is -1.36. The van der Waals surface area contributed by atoms with Crippen LogP contribution < -0.4 is 4.74 Å². The standard InChI is InChI=1S/C13H15ClF2O3/c1-8(2)19-12-5-4-10(6-11(12)14)13(15,16)7-18-9(3)17/h4-6,8H,7H2,1-3H3. The number of carbonyl (C=O) groups is 1. The average Bonchev–Trinajstić information content (AvgIpc) is 2.28. The number of hydrogen-bond acceptors (Lipinski definition) is 3. The van der Waals surface area contributed by atoms with Crippen molar-refractivity contribution in [3.05, 3.63) is 28.8 Å². The summed E-state index contributed by atoms with van der Waals surface area (Å²) >= 11 is 5.88. The summed E-state index contributed by atoms with van der Waals surface area (Å²) in [5.41, 5.74) is -0.324. The SMILES string of the molecule is CC(=O)OCC(F)(F)c1ccc(OC(C)C)c(Cl)c1. The molecule has 0 N–H and O–H groups in total. The molecule has 1 aromatic carbocycles. The van der Waals surface area contributed by atoms with Crippen molar-refractivity contribution in [3.63, 3.8) is 0 Å². The molecule has 6 heteroatoms. The molecule has 0 saturated heterocycles. The molecule has 3 nitrogen and oxygen atoms in total. The quantitative estimate of drug-likeness (QED) is 0.775. The Bertz CT molecular complexity index is 461. The molecule has 0 atom stereocenters. The summed E-state index contributed by atoms with van der Waals surface area (Å²) in [6, 6.07) is 3.69. The van der Waals surface area contributed by atoms with E-state index in [9.17, 15) is 13.6 Å². The van der Waals surface area contributed by atoms with E-state index in [1.807, 2.05) is 0 Å². The van der Waals surface area contributed by atoms with E-state index in [4.69, 9.17) is 16.3 Å². The zero-order chi connectivity index (χ0) is 14.6. The van der Waals surface area contributed by atoms with E-state index in [0.717, 1.165) is 13.0 Å². The molecule has 0 fully saturated rings. The summed E-state index contributed by atoms with van der Waals surface area (Å²) < 4.78 is 37.1. The van der Waals surface area contributed by atoms with E-state index < -0.39 is 18.5 Å². The lowest BCUT2D eigenvalue weighted by Crippen LogP contribution is -2.22. The minimum Gasteiger partial charge on any atom is -0.489 e. The molecule has 0 aromatic heterocycles. The Morgan fingerprint density at radius 1 is 1.42 bits per heavy atom. The molecule has 0 bridgehead atoms. The van der Waals surface area contributed by atoms with Crippen LogP contribution in [0.2, 0.25) is 5.02 Å². The van der Waals surface area contributed by atoms with Gasteiger partial charge in [0, 0.05) is 12.5 Å². The van der Waals surface area contributed by atoms with Gasteiger partial charge in [0.25, 0.3) is 0 Å². The van der Waals surface area contributed by atoms with Crippen LogP contribution in [-0.2, 0) is 15.5 Å². The summed E-state index contributed by atoms with van der Waals surface area (Å²) in [6.07, 6.45) is -0.107. The van der Waals surface area contributed by atoms with Crippen LogP contribution in [0.5, 0.6) is 5.75 Å². The first-order valence-electron chi connectivity index (χ1n) is 5.70. The average molecular weight is 293 g/mol. The highest BCUT2D eigenvalue weighted by atomic mass is 35.5. The Morgan fingerprint density at radius 3 is 2.53 bits per heavy atom. The van der Waals surface area contributed by atoms with Gasteiger partial charge in [-0.15, -0.1) is 0 Å². The fourth-order valence-electron chi connectivity index (χ4n) is 1.35. The van der Waals surface area contributed by atoms with E-state index in [0.29, 0.717) is 5.75 Å². The fourth-order valence-corrected chi connectivity index (χ4v) is 1.58. The van der Waals surface area contributed by atoms with Crippen LogP contribution in [0.3, 0.4) is 0 Å². The van der Waals surface area contributed by atoms with Crippen molar-refractivity contribution in [1.29, 1.82) is 0 Å². The molecule has 0 radical (unpaired) electrons.